The highest BCUT2D eigenvalue weighted by Crippen LogP contribution is 2.29. The lowest BCUT2D eigenvalue weighted by Crippen LogP contribution is -2.27. The van der Waals surface area contributed by atoms with E-state index < -0.39 is 5.82 Å². The predicted octanol–water partition coefficient (Wildman–Crippen LogP) is 2.86. The number of nitrogens with one attached hydrogen (secondary N) is 1. The molecule has 0 heterocycles. The van der Waals surface area contributed by atoms with Crippen LogP contribution >= 0.6 is 0 Å². The SMILES string of the molecule is CCN(CCCC(=O)Nc1ccc(F)cc1N)CC1CC1. The van der Waals surface area contributed by atoms with Crippen molar-refractivity contribution in [1.82, 2.24) is 4.90 Å². The Morgan fingerprint density at radius 2 is 2.24 bits per heavy atom. The molecule has 1 amide bonds. The molecule has 0 bridgehead atoms. The molecule has 0 aromatic heterocycles. The molecule has 0 atom stereocenters. The third kappa shape index (κ3) is 5.34. The molecule has 21 heavy (non-hydrogen) atoms. The second kappa shape index (κ2) is 7.41. The van der Waals surface area contributed by atoms with Gasteiger partial charge in [0.2, 0.25) is 5.91 Å². The minimum Gasteiger partial charge on any atom is -0.397 e. The van der Waals surface area contributed by atoms with Crippen LogP contribution in [0.3, 0.4) is 0 Å². The first-order chi connectivity index (χ1) is 10.1. The van der Waals surface area contributed by atoms with Gasteiger partial charge in [0.1, 0.15) is 5.82 Å². The average Bonchev–Trinajstić information content (AvgIpc) is 3.25. The number of anilines is 2. The minimum absolute atomic E-state index is 0.0733. The van der Waals surface area contributed by atoms with Gasteiger partial charge < -0.3 is 16.0 Å². The van der Waals surface area contributed by atoms with Gasteiger partial charge in [-0.25, -0.2) is 4.39 Å². The van der Waals surface area contributed by atoms with E-state index in [-0.39, 0.29) is 11.6 Å². The normalized spacial score (nSPS) is 14.4. The Morgan fingerprint density at radius 3 is 2.86 bits per heavy atom. The lowest BCUT2D eigenvalue weighted by molar-refractivity contribution is -0.116. The Kier molecular flexibility index (Phi) is 5.56. The first-order valence-corrected chi connectivity index (χ1v) is 7.65. The van der Waals surface area contributed by atoms with Gasteiger partial charge >= 0.3 is 0 Å². The van der Waals surface area contributed by atoms with E-state index in [0.717, 1.165) is 32.0 Å². The maximum atomic E-state index is 12.9. The highest BCUT2D eigenvalue weighted by molar-refractivity contribution is 5.93. The number of hydrogen-bond acceptors (Lipinski definition) is 3. The summed E-state index contributed by atoms with van der Waals surface area (Å²) in [5.74, 6) is 0.401. The first-order valence-electron chi connectivity index (χ1n) is 7.65. The van der Waals surface area contributed by atoms with Crippen molar-refractivity contribution in [3.05, 3.63) is 24.0 Å². The molecule has 1 fully saturated rings. The van der Waals surface area contributed by atoms with Crippen LogP contribution in [0, 0.1) is 11.7 Å². The van der Waals surface area contributed by atoms with E-state index in [9.17, 15) is 9.18 Å². The summed E-state index contributed by atoms with van der Waals surface area (Å²) in [5.41, 5.74) is 6.40. The molecular formula is C16H24FN3O. The molecule has 0 unspecified atom stereocenters. The van der Waals surface area contributed by atoms with Crippen molar-refractivity contribution in [2.45, 2.75) is 32.6 Å². The van der Waals surface area contributed by atoms with Crippen molar-refractivity contribution in [1.29, 1.82) is 0 Å². The van der Waals surface area contributed by atoms with Gasteiger partial charge in [-0.15, -0.1) is 0 Å². The number of nitrogen functional groups attached to an aromatic ring is 1. The second-order valence-electron chi connectivity index (χ2n) is 5.72. The summed E-state index contributed by atoms with van der Waals surface area (Å²) < 4.78 is 12.9. The fraction of sp³-hybridized carbons (Fsp3) is 0.562. The van der Waals surface area contributed by atoms with Crippen LogP contribution in [0.15, 0.2) is 18.2 Å². The Bertz CT molecular complexity index is 488. The molecule has 116 valence electrons. The van der Waals surface area contributed by atoms with E-state index in [1.165, 1.54) is 31.0 Å². The van der Waals surface area contributed by atoms with Crippen LogP contribution in [-0.2, 0) is 4.79 Å². The number of hydrogen-bond donors (Lipinski definition) is 2. The van der Waals surface area contributed by atoms with Crippen molar-refractivity contribution in [3.8, 4) is 0 Å². The fourth-order valence-electron chi connectivity index (χ4n) is 2.37. The standard InChI is InChI=1S/C16H24FN3O/c1-2-20(11-12-5-6-12)9-3-4-16(21)19-15-8-7-13(17)10-14(15)18/h7-8,10,12H,2-6,9,11,18H2,1H3,(H,19,21). The lowest BCUT2D eigenvalue weighted by Gasteiger charge is -2.19. The predicted molar refractivity (Wildman–Crippen MR) is 83.5 cm³/mol. The average molecular weight is 293 g/mol. The van der Waals surface area contributed by atoms with Crippen LogP contribution in [0.5, 0.6) is 0 Å². The summed E-state index contributed by atoms with van der Waals surface area (Å²) in [5, 5.41) is 2.73. The number of nitrogens with two attached hydrogens (primary N) is 1. The zero-order valence-corrected chi connectivity index (χ0v) is 12.6. The van der Waals surface area contributed by atoms with Crippen molar-refractivity contribution >= 4 is 17.3 Å². The molecule has 0 saturated heterocycles. The van der Waals surface area contributed by atoms with Crippen LogP contribution in [0.1, 0.15) is 32.6 Å². The van der Waals surface area contributed by atoms with Gasteiger partial charge in [-0.2, -0.15) is 0 Å². The summed E-state index contributed by atoms with van der Waals surface area (Å²) in [7, 11) is 0. The summed E-state index contributed by atoms with van der Waals surface area (Å²) in [4.78, 5) is 14.3. The molecule has 0 spiro atoms. The number of benzene rings is 1. The zero-order valence-electron chi connectivity index (χ0n) is 12.6. The molecule has 1 aliphatic carbocycles. The molecule has 5 heteroatoms. The highest BCUT2D eigenvalue weighted by atomic mass is 19.1. The van der Waals surface area contributed by atoms with Gasteiger partial charge in [-0.05, 0) is 56.5 Å². The van der Waals surface area contributed by atoms with E-state index in [2.05, 4.69) is 17.1 Å². The van der Waals surface area contributed by atoms with Gasteiger partial charge in [0.25, 0.3) is 0 Å². The second-order valence-corrected chi connectivity index (χ2v) is 5.72. The van der Waals surface area contributed by atoms with Crippen molar-refractivity contribution in [3.63, 3.8) is 0 Å². The van der Waals surface area contributed by atoms with E-state index in [1.54, 1.807) is 0 Å². The molecule has 1 aromatic rings. The molecular weight excluding hydrogens is 269 g/mol. The number of halogens is 1. The van der Waals surface area contributed by atoms with Crippen LogP contribution in [0.4, 0.5) is 15.8 Å². The number of rotatable bonds is 8. The van der Waals surface area contributed by atoms with Crippen molar-refractivity contribution in [2.75, 3.05) is 30.7 Å². The Balaban J connectivity index is 1.71. The smallest absolute Gasteiger partial charge is 0.224 e. The molecule has 2 rings (SSSR count). The maximum Gasteiger partial charge on any atom is 0.224 e. The van der Waals surface area contributed by atoms with Crippen LogP contribution < -0.4 is 11.1 Å². The summed E-state index contributed by atoms with van der Waals surface area (Å²) in [6, 6.07) is 4.00. The van der Waals surface area contributed by atoms with Gasteiger partial charge in [-0.3, -0.25) is 4.79 Å². The number of carbonyl (C=O) groups excluding carboxylic acids is 1. The number of carbonyl (C=O) groups is 1. The lowest BCUT2D eigenvalue weighted by atomic mass is 10.2. The zero-order chi connectivity index (χ0) is 15.2. The molecule has 1 aromatic carbocycles. The van der Waals surface area contributed by atoms with E-state index >= 15 is 0 Å². The first kappa shape index (κ1) is 15.8. The largest absolute Gasteiger partial charge is 0.397 e. The fourth-order valence-corrected chi connectivity index (χ4v) is 2.37. The molecule has 4 nitrogen and oxygen atoms in total. The van der Waals surface area contributed by atoms with Crippen LogP contribution in [0.25, 0.3) is 0 Å². The summed E-state index contributed by atoms with van der Waals surface area (Å²) in [6.07, 6.45) is 3.98. The number of nitrogens with zero attached hydrogens (tertiary/aromatic N) is 1. The van der Waals surface area contributed by atoms with E-state index in [0.29, 0.717) is 12.1 Å². The Hall–Kier alpha value is -1.62. The minimum atomic E-state index is -0.399. The molecule has 3 N–H and O–H groups in total. The summed E-state index contributed by atoms with van der Waals surface area (Å²) >= 11 is 0. The highest BCUT2D eigenvalue weighted by Gasteiger charge is 2.23. The van der Waals surface area contributed by atoms with E-state index in [4.69, 9.17) is 5.73 Å². The van der Waals surface area contributed by atoms with Crippen LogP contribution in [0.2, 0.25) is 0 Å². The third-order valence-electron chi connectivity index (χ3n) is 3.83. The monoisotopic (exact) mass is 293 g/mol. The van der Waals surface area contributed by atoms with Gasteiger partial charge in [0.15, 0.2) is 0 Å². The topological polar surface area (TPSA) is 58.4 Å². The quantitative estimate of drug-likeness (QED) is 0.725. The number of amides is 1. The molecule has 0 radical (unpaired) electrons. The maximum absolute atomic E-state index is 12.9. The van der Waals surface area contributed by atoms with Gasteiger partial charge in [0.05, 0.1) is 11.4 Å². The Morgan fingerprint density at radius 1 is 1.48 bits per heavy atom. The molecule has 0 aliphatic heterocycles. The Labute approximate surface area is 125 Å². The molecule has 1 saturated carbocycles. The molecule has 1 aliphatic rings. The van der Waals surface area contributed by atoms with Crippen molar-refractivity contribution in [2.24, 2.45) is 5.92 Å². The van der Waals surface area contributed by atoms with Gasteiger partial charge in [-0.1, -0.05) is 6.92 Å². The van der Waals surface area contributed by atoms with Gasteiger partial charge in [0, 0.05) is 13.0 Å². The van der Waals surface area contributed by atoms with Crippen molar-refractivity contribution < 1.29 is 9.18 Å². The van der Waals surface area contributed by atoms with Crippen LogP contribution in [-0.4, -0.2) is 30.4 Å². The van der Waals surface area contributed by atoms with E-state index in [1.807, 2.05) is 0 Å². The summed E-state index contributed by atoms with van der Waals surface area (Å²) in [6.45, 7) is 5.28. The third-order valence-corrected chi connectivity index (χ3v) is 3.83.